The number of halogens is 2. The molecule has 3 N–H and O–H groups in total. The Balaban J connectivity index is 1.79. The number of hydrogen-bond acceptors (Lipinski definition) is 6. The first-order chi connectivity index (χ1) is 14.7. The van der Waals surface area contributed by atoms with Crippen molar-refractivity contribution in [2.75, 3.05) is 28.6 Å². The normalized spacial score (nSPS) is 14.7. The number of anilines is 3. The zero-order valence-electron chi connectivity index (χ0n) is 16.4. The number of amides is 2. The smallest absolute Gasteiger partial charge is 0.261 e. The summed E-state index contributed by atoms with van der Waals surface area (Å²) >= 11 is 0. The fourth-order valence-electron chi connectivity index (χ4n) is 2.98. The zero-order chi connectivity index (χ0) is 22.6. The second kappa shape index (κ2) is 9.35. The monoisotopic (exact) mass is 454 g/mol. The fraction of sp³-hybridized carbons (Fsp3) is 0.316. The van der Waals surface area contributed by atoms with Gasteiger partial charge in [0.25, 0.3) is 5.91 Å². The molecule has 166 valence electrons. The molecule has 31 heavy (non-hydrogen) atoms. The van der Waals surface area contributed by atoms with Crippen LogP contribution in [0.4, 0.5) is 26.0 Å². The van der Waals surface area contributed by atoms with E-state index < -0.39 is 44.1 Å². The molecule has 2 heterocycles. The van der Waals surface area contributed by atoms with Crippen molar-refractivity contribution < 1.29 is 31.5 Å². The van der Waals surface area contributed by atoms with Crippen molar-refractivity contribution in [1.29, 1.82) is 0 Å². The van der Waals surface area contributed by atoms with Crippen molar-refractivity contribution >= 4 is 39.0 Å². The Hall–Kier alpha value is -3.12. The topological polar surface area (TPSA) is 126 Å². The Bertz CT molecular complexity index is 1090. The second-order valence-corrected chi connectivity index (χ2v) is 8.77. The van der Waals surface area contributed by atoms with Crippen LogP contribution < -0.4 is 15.4 Å². The maximum Gasteiger partial charge on any atom is 0.261 e. The van der Waals surface area contributed by atoms with Crippen LogP contribution in [0.25, 0.3) is 0 Å². The van der Waals surface area contributed by atoms with Crippen LogP contribution in [0.1, 0.15) is 30.1 Å². The number of ether oxygens (including phenoxy) is 1. The van der Waals surface area contributed by atoms with E-state index >= 15 is 0 Å². The molecular weight excluding hydrogens is 434 g/mol. The van der Waals surface area contributed by atoms with Gasteiger partial charge in [0.05, 0.1) is 22.8 Å². The first kappa shape index (κ1) is 22.6. The maximum atomic E-state index is 14.9. The van der Waals surface area contributed by atoms with Gasteiger partial charge in [-0.05, 0) is 37.1 Å². The van der Waals surface area contributed by atoms with Crippen LogP contribution in [-0.2, 0) is 19.6 Å². The van der Waals surface area contributed by atoms with E-state index in [1.807, 2.05) is 0 Å². The van der Waals surface area contributed by atoms with Gasteiger partial charge >= 0.3 is 0 Å². The van der Waals surface area contributed by atoms with Gasteiger partial charge in [0.15, 0.2) is 5.82 Å². The molecule has 0 bridgehead atoms. The number of pyridine rings is 1. The van der Waals surface area contributed by atoms with Crippen molar-refractivity contribution in [3.8, 4) is 0 Å². The summed E-state index contributed by atoms with van der Waals surface area (Å²) in [5, 5.41) is 3.94. The van der Waals surface area contributed by atoms with E-state index in [1.165, 1.54) is 25.3 Å². The Morgan fingerprint density at radius 2 is 1.81 bits per heavy atom. The predicted octanol–water partition coefficient (Wildman–Crippen LogP) is 2.49. The SMILES string of the molecule is CC(=O)Nc1ccc(NC(=O)c2c(F)ccc(NS(=O)(=O)C3CCOCC3)c2F)cn1. The number of rotatable bonds is 6. The third-order valence-electron chi connectivity index (χ3n) is 4.50. The molecular formula is C19H20F2N4O5S. The minimum atomic E-state index is -3.96. The van der Waals surface area contributed by atoms with Crippen LogP contribution in [0.2, 0.25) is 0 Å². The van der Waals surface area contributed by atoms with Crippen LogP contribution in [-0.4, -0.2) is 43.7 Å². The molecule has 0 radical (unpaired) electrons. The van der Waals surface area contributed by atoms with Gasteiger partial charge in [-0.2, -0.15) is 0 Å². The standard InChI is InChI=1S/C19H20F2N4O5S/c1-11(26)23-16-5-2-12(10-22-16)24-19(27)17-14(20)3-4-15(18(17)21)25-31(28,29)13-6-8-30-9-7-13/h2-5,10,13,25H,6-9H2,1H3,(H,24,27)(H,22,23,26). The Morgan fingerprint density at radius 3 is 2.42 bits per heavy atom. The van der Waals surface area contributed by atoms with E-state index in [-0.39, 0.29) is 43.5 Å². The summed E-state index contributed by atoms with van der Waals surface area (Å²) in [6.45, 7) is 1.83. The van der Waals surface area contributed by atoms with Gasteiger partial charge in [-0.3, -0.25) is 14.3 Å². The van der Waals surface area contributed by atoms with Crippen LogP contribution in [0, 0.1) is 11.6 Å². The van der Waals surface area contributed by atoms with Gasteiger partial charge < -0.3 is 15.4 Å². The fourth-order valence-corrected chi connectivity index (χ4v) is 4.42. The lowest BCUT2D eigenvalue weighted by Gasteiger charge is -2.23. The van der Waals surface area contributed by atoms with Crippen LogP contribution in [0.15, 0.2) is 30.5 Å². The van der Waals surface area contributed by atoms with Gasteiger partial charge in [-0.25, -0.2) is 22.2 Å². The summed E-state index contributed by atoms with van der Waals surface area (Å²) in [4.78, 5) is 27.4. The number of hydrogen-bond donors (Lipinski definition) is 3. The quantitative estimate of drug-likeness (QED) is 0.616. The van der Waals surface area contributed by atoms with Crippen molar-refractivity contribution in [1.82, 2.24) is 4.98 Å². The van der Waals surface area contributed by atoms with Gasteiger partial charge in [-0.15, -0.1) is 0 Å². The van der Waals surface area contributed by atoms with Crippen molar-refractivity contribution in [2.45, 2.75) is 25.0 Å². The Labute approximate surface area is 177 Å². The highest BCUT2D eigenvalue weighted by molar-refractivity contribution is 7.93. The van der Waals surface area contributed by atoms with E-state index in [4.69, 9.17) is 4.74 Å². The molecule has 1 aromatic carbocycles. The number of nitrogens with one attached hydrogen (secondary N) is 3. The first-order valence-electron chi connectivity index (χ1n) is 9.30. The van der Waals surface area contributed by atoms with E-state index in [2.05, 4.69) is 20.3 Å². The van der Waals surface area contributed by atoms with E-state index in [0.717, 1.165) is 12.1 Å². The predicted molar refractivity (Wildman–Crippen MR) is 109 cm³/mol. The second-order valence-electron chi connectivity index (χ2n) is 6.81. The minimum absolute atomic E-state index is 0.117. The highest BCUT2D eigenvalue weighted by Gasteiger charge is 2.30. The summed E-state index contributed by atoms with van der Waals surface area (Å²) < 4.78 is 61.3. The molecule has 9 nitrogen and oxygen atoms in total. The number of carbonyl (C=O) groups excluding carboxylic acids is 2. The number of benzene rings is 1. The molecule has 1 aliphatic rings. The third kappa shape index (κ3) is 5.52. The molecule has 0 spiro atoms. The third-order valence-corrected chi connectivity index (χ3v) is 6.36. The summed E-state index contributed by atoms with van der Waals surface area (Å²) in [5.74, 6) is -3.74. The van der Waals surface area contributed by atoms with Gasteiger partial charge in [0, 0.05) is 20.1 Å². The molecule has 2 aromatic rings. The number of aromatic nitrogens is 1. The van der Waals surface area contributed by atoms with Crippen LogP contribution >= 0.6 is 0 Å². The van der Waals surface area contributed by atoms with Gasteiger partial charge in [0.1, 0.15) is 17.2 Å². The largest absolute Gasteiger partial charge is 0.381 e. The highest BCUT2D eigenvalue weighted by atomic mass is 32.2. The molecule has 0 saturated carbocycles. The summed E-state index contributed by atoms with van der Waals surface area (Å²) in [6, 6.07) is 4.49. The lowest BCUT2D eigenvalue weighted by atomic mass is 10.1. The molecule has 2 amide bonds. The molecule has 0 atom stereocenters. The van der Waals surface area contributed by atoms with E-state index in [0.29, 0.717) is 0 Å². The first-order valence-corrected chi connectivity index (χ1v) is 10.8. The zero-order valence-corrected chi connectivity index (χ0v) is 17.3. The van der Waals surface area contributed by atoms with Crippen molar-refractivity contribution in [3.63, 3.8) is 0 Å². The minimum Gasteiger partial charge on any atom is -0.381 e. The molecule has 0 aliphatic carbocycles. The lowest BCUT2D eigenvalue weighted by molar-refractivity contribution is -0.114. The Kier molecular flexibility index (Phi) is 6.81. The number of nitrogens with zero attached hydrogens (tertiary/aromatic N) is 1. The molecule has 12 heteroatoms. The summed E-state index contributed by atoms with van der Waals surface area (Å²) in [7, 11) is -3.96. The lowest BCUT2D eigenvalue weighted by Crippen LogP contribution is -2.33. The summed E-state index contributed by atoms with van der Waals surface area (Å²) in [5.41, 5.74) is -1.36. The molecule has 1 fully saturated rings. The molecule has 1 aliphatic heterocycles. The molecule has 1 aromatic heterocycles. The molecule has 1 saturated heterocycles. The average Bonchev–Trinajstić information content (AvgIpc) is 2.72. The van der Waals surface area contributed by atoms with Crippen molar-refractivity contribution in [3.05, 3.63) is 47.7 Å². The van der Waals surface area contributed by atoms with E-state index in [1.54, 1.807) is 0 Å². The number of carbonyl (C=O) groups is 2. The Morgan fingerprint density at radius 1 is 1.10 bits per heavy atom. The van der Waals surface area contributed by atoms with Gasteiger partial charge in [-0.1, -0.05) is 0 Å². The maximum absolute atomic E-state index is 14.9. The van der Waals surface area contributed by atoms with Crippen LogP contribution in [0.5, 0.6) is 0 Å². The summed E-state index contributed by atoms with van der Waals surface area (Å²) in [6.07, 6.45) is 1.68. The van der Waals surface area contributed by atoms with E-state index in [9.17, 15) is 26.8 Å². The molecule has 0 unspecified atom stereocenters. The average molecular weight is 454 g/mol. The van der Waals surface area contributed by atoms with Gasteiger partial charge in [0.2, 0.25) is 15.9 Å². The van der Waals surface area contributed by atoms with Crippen molar-refractivity contribution in [2.24, 2.45) is 0 Å². The molecule has 3 rings (SSSR count). The number of sulfonamides is 1. The van der Waals surface area contributed by atoms with Crippen LogP contribution in [0.3, 0.4) is 0 Å². The highest BCUT2D eigenvalue weighted by Crippen LogP contribution is 2.26.